The average molecular weight is 479 g/mol. The smallest absolute Gasteiger partial charge is 0.268 e. The Hall–Kier alpha value is -2.51. The van der Waals surface area contributed by atoms with Gasteiger partial charge in [0, 0.05) is 31.8 Å². The molecule has 30 heavy (non-hydrogen) atoms. The average Bonchev–Trinajstić information content (AvgIpc) is 2.71. The van der Waals surface area contributed by atoms with Gasteiger partial charge in [-0.25, -0.2) is 8.78 Å². The molecule has 0 fully saturated rings. The van der Waals surface area contributed by atoms with E-state index in [1.54, 1.807) is 16.8 Å². The fraction of sp³-hybridized carbons (Fsp3) is 0.261. The van der Waals surface area contributed by atoms with Crippen LogP contribution in [0.5, 0.6) is 5.75 Å². The van der Waals surface area contributed by atoms with E-state index < -0.39 is 11.6 Å². The fourth-order valence-corrected chi connectivity index (χ4v) is 3.39. The molecule has 0 bridgehead atoms. The Morgan fingerprint density at radius 3 is 2.63 bits per heavy atom. The third kappa shape index (κ3) is 5.77. The van der Waals surface area contributed by atoms with Gasteiger partial charge >= 0.3 is 0 Å². The van der Waals surface area contributed by atoms with Gasteiger partial charge in [0.25, 0.3) is 5.56 Å². The van der Waals surface area contributed by atoms with E-state index in [2.05, 4.69) is 41.2 Å². The van der Waals surface area contributed by atoms with E-state index in [1.807, 2.05) is 18.2 Å². The second kappa shape index (κ2) is 10.00. The number of halogens is 3. The van der Waals surface area contributed by atoms with Crippen molar-refractivity contribution < 1.29 is 14.9 Å². The summed E-state index contributed by atoms with van der Waals surface area (Å²) < 4.78 is 34.2. The monoisotopic (exact) mass is 478 g/mol. The van der Waals surface area contributed by atoms with Crippen molar-refractivity contribution in [2.45, 2.75) is 39.6 Å². The molecule has 1 aromatic heterocycles. The standard InChI is InChI=1S/C23H23BrF2N2O2.H2/c1-15(2)27-12-16-4-3-5-17(10-16)13-28-9-8-21(22(24)23(28)29)30-14-18-6-7-19(25)11-20(18)26;/h3-11,15,27H,12-14H2,1-2H3;1H. The molecule has 2 aromatic carbocycles. The molecular formula is C23H25BrF2N2O2. The Kier molecular flexibility index (Phi) is 7.39. The minimum atomic E-state index is -0.689. The largest absolute Gasteiger partial charge is 0.487 e. The van der Waals surface area contributed by atoms with Gasteiger partial charge in [-0.15, -0.1) is 0 Å². The van der Waals surface area contributed by atoms with Crippen LogP contribution in [0.2, 0.25) is 0 Å². The number of hydrogen-bond donors (Lipinski definition) is 1. The van der Waals surface area contributed by atoms with E-state index in [1.165, 1.54) is 12.1 Å². The zero-order chi connectivity index (χ0) is 21.7. The summed E-state index contributed by atoms with van der Waals surface area (Å²) in [5, 5.41) is 3.38. The number of nitrogens with zero attached hydrogens (tertiary/aromatic N) is 1. The highest BCUT2D eigenvalue weighted by Gasteiger charge is 2.11. The van der Waals surface area contributed by atoms with Gasteiger partial charge in [-0.05, 0) is 45.3 Å². The lowest BCUT2D eigenvalue weighted by Crippen LogP contribution is -2.22. The van der Waals surface area contributed by atoms with Crippen LogP contribution < -0.4 is 15.6 Å². The van der Waals surface area contributed by atoms with Gasteiger partial charge in [0.2, 0.25) is 0 Å². The Balaban J connectivity index is 0.00000341. The van der Waals surface area contributed by atoms with Crippen LogP contribution in [0.3, 0.4) is 0 Å². The van der Waals surface area contributed by atoms with Gasteiger partial charge in [-0.3, -0.25) is 4.79 Å². The number of nitrogens with one attached hydrogen (secondary N) is 1. The maximum absolute atomic E-state index is 13.8. The quantitative estimate of drug-likeness (QED) is 0.480. The summed E-state index contributed by atoms with van der Waals surface area (Å²) in [6, 6.07) is 13.4. The molecule has 7 heteroatoms. The molecule has 0 saturated carbocycles. The predicted molar refractivity (Wildman–Crippen MR) is 119 cm³/mol. The molecule has 1 N–H and O–H groups in total. The predicted octanol–water partition coefficient (Wildman–Crippen LogP) is 5.26. The van der Waals surface area contributed by atoms with Crippen LogP contribution in [0.4, 0.5) is 8.78 Å². The molecule has 3 aromatic rings. The van der Waals surface area contributed by atoms with Crippen molar-refractivity contribution in [3.8, 4) is 5.75 Å². The topological polar surface area (TPSA) is 43.3 Å². The van der Waals surface area contributed by atoms with Gasteiger partial charge in [-0.2, -0.15) is 0 Å². The first-order valence-electron chi connectivity index (χ1n) is 9.60. The first kappa shape index (κ1) is 22.2. The summed E-state index contributed by atoms with van der Waals surface area (Å²) in [5.74, 6) is -1.04. The number of hydrogen-bond acceptors (Lipinski definition) is 3. The molecule has 160 valence electrons. The summed E-state index contributed by atoms with van der Waals surface area (Å²) in [6.45, 7) is 5.25. The molecule has 0 aliphatic heterocycles. The number of ether oxygens (including phenoxy) is 1. The number of pyridine rings is 1. The van der Waals surface area contributed by atoms with Crippen LogP contribution in [-0.4, -0.2) is 10.6 Å². The molecule has 0 amide bonds. The molecule has 0 aliphatic rings. The molecule has 3 rings (SSSR count). The molecule has 0 unspecified atom stereocenters. The van der Waals surface area contributed by atoms with Gasteiger partial charge < -0.3 is 14.6 Å². The first-order valence-corrected chi connectivity index (χ1v) is 10.4. The number of rotatable bonds is 8. The molecule has 0 spiro atoms. The van der Waals surface area contributed by atoms with E-state index in [4.69, 9.17) is 4.74 Å². The number of aromatic nitrogens is 1. The van der Waals surface area contributed by atoms with Crippen molar-refractivity contribution in [1.29, 1.82) is 0 Å². The normalized spacial score (nSPS) is 11.1. The maximum atomic E-state index is 13.8. The Morgan fingerprint density at radius 2 is 1.90 bits per heavy atom. The van der Waals surface area contributed by atoms with Crippen LogP contribution in [0, 0.1) is 11.6 Å². The van der Waals surface area contributed by atoms with E-state index >= 15 is 0 Å². The molecule has 0 aliphatic carbocycles. The van der Waals surface area contributed by atoms with E-state index in [9.17, 15) is 13.6 Å². The lowest BCUT2D eigenvalue weighted by molar-refractivity contribution is 0.296. The second-order valence-corrected chi connectivity index (χ2v) is 8.10. The summed E-state index contributed by atoms with van der Waals surface area (Å²) in [4.78, 5) is 12.7. The van der Waals surface area contributed by atoms with Gasteiger partial charge in [0.05, 0.1) is 6.54 Å². The van der Waals surface area contributed by atoms with E-state index in [0.717, 1.165) is 23.7 Å². The molecule has 4 nitrogen and oxygen atoms in total. The lowest BCUT2D eigenvalue weighted by atomic mass is 10.1. The SMILES string of the molecule is CC(C)NCc1cccc(Cn2ccc(OCc3ccc(F)cc3F)c(Br)c2=O)c1.[HH]. The maximum Gasteiger partial charge on any atom is 0.268 e. The van der Waals surface area contributed by atoms with Crippen molar-refractivity contribution in [2.24, 2.45) is 0 Å². The van der Waals surface area contributed by atoms with Crippen LogP contribution >= 0.6 is 15.9 Å². The molecule has 0 atom stereocenters. The molecule has 0 radical (unpaired) electrons. The van der Waals surface area contributed by atoms with Crippen LogP contribution in [0.15, 0.2) is 64.0 Å². The van der Waals surface area contributed by atoms with Crippen LogP contribution in [0.25, 0.3) is 0 Å². The summed E-state index contributed by atoms with van der Waals surface area (Å²) in [6.07, 6.45) is 1.64. The minimum Gasteiger partial charge on any atom is -0.487 e. The summed E-state index contributed by atoms with van der Waals surface area (Å²) in [5.41, 5.74) is 2.11. The fourth-order valence-electron chi connectivity index (χ4n) is 2.92. The minimum absolute atomic E-state index is 0. The van der Waals surface area contributed by atoms with E-state index in [-0.39, 0.29) is 23.6 Å². The van der Waals surface area contributed by atoms with E-state index in [0.29, 0.717) is 18.3 Å². The lowest BCUT2D eigenvalue weighted by Gasteiger charge is -2.13. The highest BCUT2D eigenvalue weighted by Crippen LogP contribution is 2.22. The van der Waals surface area contributed by atoms with Crippen molar-refractivity contribution in [2.75, 3.05) is 0 Å². The second-order valence-electron chi connectivity index (χ2n) is 7.31. The third-order valence-electron chi connectivity index (χ3n) is 4.53. The van der Waals surface area contributed by atoms with Crippen molar-refractivity contribution >= 4 is 15.9 Å². The summed E-state index contributed by atoms with van der Waals surface area (Å²) in [7, 11) is 0. The van der Waals surface area contributed by atoms with Gasteiger partial charge in [0.15, 0.2) is 0 Å². The Labute approximate surface area is 184 Å². The summed E-state index contributed by atoms with van der Waals surface area (Å²) >= 11 is 3.28. The first-order chi connectivity index (χ1) is 14.3. The number of benzene rings is 2. The van der Waals surface area contributed by atoms with Gasteiger partial charge in [0.1, 0.15) is 28.5 Å². The van der Waals surface area contributed by atoms with Crippen LogP contribution in [0.1, 0.15) is 32.0 Å². The molecular weight excluding hydrogens is 454 g/mol. The molecule has 1 heterocycles. The third-order valence-corrected chi connectivity index (χ3v) is 5.26. The Bertz CT molecular complexity index is 1090. The molecule has 0 saturated heterocycles. The Morgan fingerprint density at radius 1 is 1.13 bits per heavy atom. The zero-order valence-corrected chi connectivity index (χ0v) is 18.4. The zero-order valence-electron chi connectivity index (χ0n) is 16.8. The highest BCUT2D eigenvalue weighted by atomic mass is 79.9. The van der Waals surface area contributed by atoms with Crippen molar-refractivity contribution in [1.82, 2.24) is 9.88 Å². The van der Waals surface area contributed by atoms with Crippen molar-refractivity contribution in [3.05, 3.63) is 97.9 Å². The highest BCUT2D eigenvalue weighted by molar-refractivity contribution is 9.10. The van der Waals surface area contributed by atoms with Crippen LogP contribution in [-0.2, 0) is 19.7 Å². The van der Waals surface area contributed by atoms with Crippen molar-refractivity contribution in [3.63, 3.8) is 0 Å². The van der Waals surface area contributed by atoms with Gasteiger partial charge in [-0.1, -0.05) is 38.1 Å².